The fourth-order valence-electron chi connectivity index (χ4n) is 3.17. The molecule has 0 bridgehead atoms. The Morgan fingerprint density at radius 3 is 2.58 bits per heavy atom. The summed E-state index contributed by atoms with van der Waals surface area (Å²) in [6.45, 7) is 0.421. The summed E-state index contributed by atoms with van der Waals surface area (Å²) in [4.78, 5) is 12.9. The van der Waals surface area contributed by atoms with Gasteiger partial charge in [-0.05, 0) is 47.7 Å². The van der Waals surface area contributed by atoms with Crippen LogP contribution in [0.15, 0.2) is 52.8 Å². The third kappa shape index (κ3) is 4.53. The van der Waals surface area contributed by atoms with E-state index in [0.29, 0.717) is 52.2 Å². The molecule has 0 aliphatic rings. The summed E-state index contributed by atoms with van der Waals surface area (Å²) in [7, 11) is 3.19. The van der Waals surface area contributed by atoms with Gasteiger partial charge in [-0.1, -0.05) is 9.97 Å². The van der Waals surface area contributed by atoms with Crippen LogP contribution in [0.3, 0.4) is 0 Å². The van der Waals surface area contributed by atoms with E-state index in [4.69, 9.17) is 15.2 Å². The van der Waals surface area contributed by atoms with Crippen molar-refractivity contribution in [2.45, 2.75) is 23.0 Å². The number of imidazole rings is 1. The molecular formula is C21H20F2N5O2S+. The topological polar surface area (TPSA) is 89.9 Å². The van der Waals surface area contributed by atoms with E-state index < -0.39 is 11.6 Å². The number of H-pyrrole nitrogens is 1. The maximum atomic E-state index is 13.5. The predicted molar refractivity (Wildman–Crippen MR) is 112 cm³/mol. The van der Waals surface area contributed by atoms with Gasteiger partial charge in [-0.2, -0.15) is 0 Å². The number of aryl methyl sites for hydroxylation is 2. The molecule has 31 heavy (non-hydrogen) atoms. The summed E-state index contributed by atoms with van der Waals surface area (Å²) in [5.41, 5.74) is 7.75. The van der Waals surface area contributed by atoms with Gasteiger partial charge in [0, 0.05) is 12.5 Å². The molecule has 0 unspecified atom stereocenters. The second-order valence-corrected chi connectivity index (χ2v) is 7.74. The Kier molecular flexibility index (Phi) is 5.90. The van der Waals surface area contributed by atoms with E-state index in [9.17, 15) is 8.78 Å². The van der Waals surface area contributed by atoms with Crippen LogP contribution in [0.4, 0.5) is 14.6 Å². The third-order valence-electron chi connectivity index (χ3n) is 4.67. The lowest BCUT2D eigenvalue weighted by molar-refractivity contribution is -0.675. The Labute approximate surface area is 181 Å². The van der Waals surface area contributed by atoms with Crippen molar-refractivity contribution in [1.82, 2.24) is 15.0 Å². The number of nitrogens with zero attached hydrogens (tertiary/aromatic N) is 3. The van der Waals surface area contributed by atoms with E-state index >= 15 is 0 Å². The van der Waals surface area contributed by atoms with Gasteiger partial charge in [-0.3, -0.25) is 0 Å². The van der Waals surface area contributed by atoms with Crippen molar-refractivity contribution in [3.05, 3.63) is 59.9 Å². The molecule has 160 valence electrons. The molecule has 4 aromatic rings. The maximum absolute atomic E-state index is 13.5. The van der Waals surface area contributed by atoms with Crippen LogP contribution >= 0.6 is 11.8 Å². The Bertz CT molecular complexity index is 1230. The van der Waals surface area contributed by atoms with Crippen LogP contribution in [0.5, 0.6) is 11.5 Å². The lowest BCUT2D eigenvalue weighted by Crippen LogP contribution is -2.36. The molecular weight excluding hydrogens is 424 g/mol. The SMILES string of the molecule is COc1ccc(OC)c(Sc2nc3c([nH]2)c(N)nc[n+]3CCc2cc(F)cc(F)c2)c1. The largest absolute Gasteiger partial charge is 0.497 e. The first-order valence-corrected chi connectivity index (χ1v) is 10.2. The van der Waals surface area contributed by atoms with Gasteiger partial charge in [-0.25, -0.2) is 13.3 Å². The van der Waals surface area contributed by atoms with E-state index in [2.05, 4.69) is 15.0 Å². The first-order chi connectivity index (χ1) is 15.0. The van der Waals surface area contributed by atoms with Crippen molar-refractivity contribution < 1.29 is 22.8 Å². The van der Waals surface area contributed by atoms with Gasteiger partial charge in [-0.15, -0.1) is 0 Å². The minimum atomic E-state index is -0.605. The van der Waals surface area contributed by atoms with E-state index in [0.717, 1.165) is 11.0 Å². The summed E-state index contributed by atoms with van der Waals surface area (Å²) in [5.74, 6) is 0.467. The summed E-state index contributed by atoms with van der Waals surface area (Å²) in [6.07, 6.45) is 1.97. The van der Waals surface area contributed by atoms with Gasteiger partial charge in [0.25, 0.3) is 5.65 Å². The van der Waals surface area contributed by atoms with Crippen molar-refractivity contribution in [3.63, 3.8) is 0 Å². The Balaban J connectivity index is 1.64. The number of fused-ring (bicyclic) bond motifs is 1. The van der Waals surface area contributed by atoms with Crippen molar-refractivity contribution in [2.24, 2.45) is 0 Å². The van der Waals surface area contributed by atoms with E-state index in [1.807, 2.05) is 18.2 Å². The molecule has 2 aromatic heterocycles. The molecule has 0 amide bonds. The normalized spacial score (nSPS) is 11.1. The van der Waals surface area contributed by atoms with E-state index in [-0.39, 0.29) is 0 Å². The molecule has 10 heteroatoms. The number of anilines is 1. The second kappa shape index (κ2) is 8.76. The highest BCUT2D eigenvalue weighted by Crippen LogP contribution is 2.36. The number of hydrogen-bond acceptors (Lipinski definition) is 6. The summed E-state index contributed by atoms with van der Waals surface area (Å²) < 4.78 is 39.4. The highest BCUT2D eigenvalue weighted by Gasteiger charge is 2.20. The van der Waals surface area contributed by atoms with Crippen LogP contribution in [-0.4, -0.2) is 29.2 Å². The van der Waals surface area contributed by atoms with E-state index in [1.54, 1.807) is 25.1 Å². The van der Waals surface area contributed by atoms with Crippen LogP contribution in [0.25, 0.3) is 11.2 Å². The molecule has 7 nitrogen and oxygen atoms in total. The Morgan fingerprint density at radius 2 is 1.87 bits per heavy atom. The Morgan fingerprint density at radius 1 is 1.10 bits per heavy atom. The fourth-order valence-corrected chi connectivity index (χ4v) is 4.09. The number of aromatic nitrogens is 4. The van der Waals surface area contributed by atoms with Crippen molar-refractivity contribution >= 4 is 28.7 Å². The number of benzene rings is 2. The summed E-state index contributed by atoms with van der Waals surface area (Å²) in [5, 5.41) is 0.590. The molecule has 0 aliphatic heterocycles. The molecule has 0 spiro atoms. The van der Waals surface area contributed by atoms with Crippen LogP contribution in [0.1, 0.15) is 5.56 Å². The molecule has 0 saturated carbocycles. The number of ether oxygens (including phenoxy) is 2. The zero-order chi connectivity index (χ0) is 22.0. The number of hydrogen-bond donors (Lipinski definition) is 2. The van der Waals surface area contributed by atoms with Crippen LogP contribution in [-0.2, 0) is 13.0 Å². The van der Waals surface area contributed by atoms with E-state index in [1.165, 1.54) is 23.9 Å². The second-order valence-electron chi connectivity index (χ2n) is 6.71. The number of rotatable bonds is 7. The number of aromatic amines is 1. The minimum absolute atomic E-state index is 0.306. The van der Waals surface area contributed by atoms with Gasteiger partial charge < -0.3 is 20.2 Å². The van der Waals surface area contributed by atoms with Gasteiger partial charge in [0.1, 0.15) is 23.1 Å². The molecule has 0 atom stereocenters. The summed E-state index contributed by atoms with van der Waals surface area (Å²) in [6, 6.07) is 8.96. The first kappa shape index (κ1) is 20.9. The van der Waals surface area contributed by atoms with Crippen molar-refractivity contribution in [2.75, 3.05) is 20.0 Å². The van der Waals surface area contributed by atoms with Crippen LogP contribution in [0, 0.1) is 11.6 Å². The lowest BCUT2D eigenvalue weighted by atomic mass is 10.1. The first-order valence-electron chi connectivity index (χ1n) is 9.35. The maximum Gasteiger partial charge on any atom is 0.294 e. The smallest absolute Gasteiger partial charge is 0.294 e. The third-order valence-corrected chi connectivity index (χ3v) is 5.59. The zero-order valence-electron chi connectivity index (χ0n) is 16.9. The molecule has 0 radical (unpaired) electrons. The number of nitrogens with one attached hydrogen (secondary N) is 1. The standard InChI is InChI=1S/C21H19F2N5O2S/c1-29-15-3-4-16(30-2)17(10-15)31-21-26-18-19(24)25-11-28(20(18)27-21)6-5-12-7-13(22)9-14(23)8-12/h3-4,7-11H,5-6H2,1-2H3,(H2,24,26,27)/p+1. The quantitative estimate of drug-likeness (QED) is 0.424. The molecule has 2 aromatic carbocycles. The molecule has 0 aliphatic carbocycles. The molecule has 0 fully saturated rings. The fraction of sp³-hybridized carbons (Fsp3) is 0.190. The predicted octanol–water partition coefficient (Wildman–Crippen LogP) is 3.52. The molecule has 3 N–H and O–H groups in total. The Hall–Kier alpha value is -3.40. The average Bonchev–Trinajstić information content (AvgIpc) is 3.17. The van der Waals surface area contributed by atoms with Crippen LogP contribution in [0.2, 0.25) is 0 Å². The average molecular weight is 444 g/mol. The molecule has 0 saturated heterocycles. The molecule has 4 rings (SSSR count). The lowest BCUT2D eigenvalue weighted by Gasteiger charge is -2.07. The highest BCUT2D eigenvalue weighted by atomic mass is 32.2. The van der Waals surface area contributed by atoms with Gasteiger partial charge >= 0.3 is 0 Å². The monoisotopic (exact) mass is 444 g/mol. The highest BCUT2D eigenvalue weighted by molar-refractivity contribution is 7.99. The minimum Gasteiger partial charge on any atom is -0.497 e. The van der Waals surface area contributed by atoms with Gasteiger partial charge in [0.05, 0.1) is 25.7 Å². The van der Waals surface area contributed by atoms with Crippen molar-refractivity contribution in [1.29, 1.82) is 0 Å². The number of nitrogen functional groups attached to an aromatic ring is 1. The van der Waals surface area contributed by atoms with Gasteiger partial charge in [0.15, 0.2) is 5.52 Å². The molecule has 2 heterocycles. The number of nitrogens with two attached hydrogens (primary N) is 1. The van der Waals surface area contributed by atoms with Crippen LogP contribution < -0.4 is 19.8 Å². The number of methoxy groups -OCH3 is 2. The number of halogens is 2. The van der Waals surface area contributed by atoms with Gasteiger partial charge in [0.2, 0.25) is 17.3 Å². The van der Waals surface area contributed by atoms with Crippen molar-refractivity contribution in [3.8, 4) is 11.5 Å². The zero-order valence-corrected chi connectivity index (χ0v) is 17.7. The summed E-state index contributed by atoms with van der Waals surface area (Å²) >= 11 is 1.36.